The Kier molecular flexibility index (Phi) is 3.71. The van der Waals surface area contributed by atoms with Gasteiger partial charge in [-0.3, -0.25) is 4.79 Å². The summed E-state index contributed by atoms with van der Waals surface area (Å²) < 4.78 is 0. The van der Waals surface area contributed by atoms with Crippen molar-refractivity contribution >= 4 is 5.91 Å². The molecule has 0 bridgehead atoms. The Labute approximate surface area is 78.3 Å². The number of nitrogens with one attached hydrogen (secondary N) is 2. The number of rotatable bonds is 3. The van der Waals surface area contributed by atoms with E-state index < -0.39 is 0 Å². The minimum atomic E-state index is -0.0568. The molecule has 2 unspecified atom stereocenters. The van der Waals surface area contributed by atoms with E-state index in [1.54, 1.807) is 0 Å². The molecule has 4 heteroatoms. The molecule has 0 aliphatic carbocycles. The predicted molar refractivity (Wildman–Crippen MR) is 48.8 cm³/mol. The predicted octanol–water partition coefficient (Wildman–Crippen LogP) is 0.0143. The molecule has 0 saturated carbocycles. The lowest BCUT2D eigenvalue weighted by molar-refractivity contribution is -0.123. The Morgan fingerprint density at radius 1 is 1.77 bits per heavy atom. The number of carbonyl (C=O) groups excluding carboxylic acids is 1. The fraction of sp³-hybridized carbons (Fsp3) is 0.778. The molecule has 0 spiro atoms. The number of nitrogens with zero attached hydrogens (tertiary/aromatic N) is 1. The van der Waals surface area contributed by atoms with Gasteiger partial charge in [0.05, 0.1) is 18.5 Å². The van der Waals surface area contributed by atoms with Crippen molar-refractivity contribution in [1.29, 1.82) is 5.26 Å². The average Bonchev–Trinajstić information content (AvgIpc) is 2.52. The third-order valence-electron chi connectivity index (χ3n) is 2.35. The quantitative estimate of drug-likeness (QED) is 0.603. The molecule has 1 rings (SSSR count). The Balaban J connectivity index is 2.27. The number of carbonyl (C=O) groups is 1. The molecule has 1 aliphatic rings. The van der Waals surface area contributed by atoms with Gasteiger partial charge in [-0.25, -0.2) is 0 Å². The Hall–Kier alpha value is -1.08. The summed E-state index contributed by atoms with van der Waals surface area (Å²) in [4.78, 5) is 11.4. The van der Waals surface area contributed by atoms with Crippen molar-refractivity contribution in [3.63, 3.8) is 0 Å². The van der Waals surface area contributed by atoms with Crippen LogP contribution in [0.2, 0.25) is 0 Å². The normalized spacial score (nSPS) is 26.8. The topological polar surface area (TPSA) is 64.9 Å². The SMILES string of the molecule is CC1CCNC1C(=O)NCCC#N. The van der Waals surface area contributed by atoms with Gasteiger partial charge in [-0.1, -0.05) is 6.92 Å². The molecule has 1 amide bonds. The smallest absolute Gasteiger partial charge is 0.237 e. The van der Waals surface area contributed by atoms with Gasteiger partial charge < -0.3 is 10.6 Å². The van der Waals surface area contributed by atoms with Crippen LogP contribution in [0.4, 0.5) is 0 Å². The molecule has 0 aromatic carbocycles. The highest BCUT2D eigenvalue weighted by Crippen LogP contribution is 2.13. The summed E-state index contributed by atoms with van der Waals surface area (Å²) in [5, 5.41) is 14.1. The van der Waals surface area contributed by atoms with Crippen LogP contribution in [0.1, 0.15) is 19.8 Å². The first kappa shape index (κ1) is 10.0. The molecule has 1 fully saturated rings. The van der Waals surface area contributed by atoms with E-state index in [4.69, 9.17) is 5.26 Å². The van der Waals surface area contributed by atoms with Crippen molar-refractivity contribution in [1.82, 2.24) is 10.6 Å². The largest absolute Gasteiger partial charge is 0.354 e. The Morgan fingerprint density at radius 3 is 3.08 bits per heavy atom. The zero-order valence-electron chi connectivity index (χ0n) is 7.84. The second-order valence-electron chi connectivity index (χ2n) is 3.40. The molecule has 0 aromatic heterocycles. The standard InChI is InChI=1S/C9H15N3O/c1-7-3-6-11-8(7)9(13)12-5-2-4-10/h7-8,11H,2-3,5-6H2,1H3,(H,12,13). The fourth-order valence-electron chi connectivity index (χ4n) is 1.54. The van der Waals surface area contributed by atoms with Crippen LogP contribution >= 0.6 is 0 Å². The second kappa shape index (κ2) is 4.83. The molecule has 72 valence electrons. The van der Waals surface area contributed by atoms with E-state index in [0.717, 1.165) is 13.0 Å². The molecule has 1 aliphatic heterocycles. The van der Waals surface area contributed by atoms with Gasteiger partial charge in [-0.2, -0.15) is 5.26 Å². The summed E-state index contributed by atoms with van der Waals surface area (Å²) in [7, 11) is 0. The summed E-state index contributed by atoms with van der Waals surface area (Å²) in [5.74, 6) is 0.433. The third-order valence-corrected chi connectivity index (χ3v) is 2.35. The van der Waals surface area contributed by atoms with Crippen LogP contribution in [0.5, 0.6) is 0 Å². The van der Waals surface area contributed by atoms with E-state index in [2.05, 4.69) is 17.6 Å². The molecule has 4 nitrogen and oxygen atoms in total. The molecular weight excluding hydrogens is 166 g/mol. The summed E-state index contributed by atoms with van der Waals surface area (Å²) in [5.41, 5.74) is 0. The van der Waals surface area contributed by atoms with Gasteiger partial charge in [0.15, 0.2) is 0 Å². The molecule has 1 heterocycles. The van der Waals surface area contributed by atoms with Crippen LogP contribution in [0.25, 0.3) is 0 Å². The van der Waals surface area contributed by atoms with Gasteiger partial charge >= 0.3 is 0 Å². The highest BCUT2D eigenvalue weighted by molar-refractivity contribution is 5.82. The molecule has 2 N–H and O–H groups in total. The monoisotopic (exact) mass is 181 g/mol. The lowest BCUT2D eigenvalue weighted by Gasteiger charge is -2.14. The first-order valence-electron chi connectivity index (χ1n) is 4.63. The van der Waals surface area contributed by atoms with Gasteiger partial charge in [0.25, 0.3) is 0 Å². The fourth-order valence-corrected chi connectivity index (χ4v) is 1.54. The molecule has 0 radical (unpaired) electrons. The van der Waals surface area contributed by atoms with Crippen molar-refractivity contribution in [3.8, 4) is 6.07 Å². The molecular formula is C9H15N3O. The lowest BCUT2D eigenvalue weighted by atomic mass is 10.0. The van der Waals surface area contributed by atoms with E-state index >= 15 is 0 Å². The third kappa shape index (κ3) is 2.71. The lowest BCUT2D eigenvalue weighted by Crippen LogP contribution is -2.43. The maximum absolute atomic E-state index is 11.4. The maximum Gasteiger partial charge on any atom is 0.237 e. The van der Waals surface area contributed by atoms with Crippen molar-refractivity contribution in [3.05, 3.63) is 0 Å². The summed E-state index contributed by atoms with van der Waals surface area (Å²) in [6, 6.07) is 1.93. The van der Waals surface area contributed by atoms with Crippen LogP contribution in [-0.4, -0.2) is 25.0 Å². The van der Waals surface area contributed by atoms with E-state index in [9.17, 15) is 4.79 Å². The number of hydrogen-bond acceptors (Lipinski definition) is 3. The summed E-state index contributed by atoms with van der Waals surface area (Å²) in [6.07, 6.45) is 1.43. The first-order chi connectivity index (χ1) is 6.25. The molecule has 2 atom stereocenters. The van der Waals surface area contributed by atoms with Crippen LogP contribution in [0.3, 0.4) is 0 Å². The van der Waals surface area contributed by atoms with Crippen LogP contribution in [0.15, 0.2) is 0 Å². The number of hydrogen-bond donors (Lipinski definition) is 2. The highest BCUT2D eigenvalue weighted by atomic mass is 16.2. The van der Waals surface area contributed by atoms with Crippen LogP contribution in [0, 0.1) is 17.2 Å². The van der Waals surface area contributed by atoms with Gasteiger partial charge in [0.2, 0.25) is 5.91 Å². The Bertz CT molecular complexity index is 221. The minimum absolute atomic E-state index is 0.0280. The van der Waals surface area contributed by atoms with Gasteiger partial charge in [0, 0.05) is 6.54 Å². The number of amides is 1. The first-order valence-corrected chi connectivity index (χ1v) is 4.63. The zero-order chi connectivity index (χ0) is 9.68. The van der Waals surface area contributed by atoms with Crippen molar-refractivity contribution in [2.24, 2.45) is 5.92 Å². The van der Waals surface area contributed by atoms with Crippen LogP contribution in [-0.2, 0) is 4.79 Å². The number of nitriles is 1. The molecule has 0 aromatic rings. The van der Waals surface area contributed by atoms with E-state index in [-0.39, 0.29) is 11.9 Å². The van der Waals surface area contributed by atoms with Gasteiger partial charge in [-0.15, -0.1) is 0 Å². The van der Waals surface area contributed by atoms with E-state index in [1.165, 1.54) is 0 Å². The highest BCUT2D eigenvalue weighted by Gasteiger charge is 2.28. The minimum Gasteiger partial charge on any atom is -0.354 e. The van der Waals surface area contributed by atoms with Gasteiger partial charge in [0.1, 0.15) is 0 Å². The maximum atomic E-state index is 11.4. The Morgan fingerprint density at radius 2 is 2.54 bits per heavy atom. The van der Waals surface area contributed by atoms with E-state index in [0.29, 0.717) is 18.9 Å². The van der Waals surface area contributed by atoms with E-state index in [1.807, 2.05) is 6.07 Å². The average molecular weight is 181 g/mol. The van der Waals surface area contributed by atoms with Crippen molar-refractivity contribution in [2.45, 2.75) is 25.8 Å². The molecule has 13 heavy (non-hydrogen) atoms. The van der Waals surface area contributed by atoms with Crippen LogP contribution < -0.4 is 10.6 Å². The van der Waals surface area contributed by atoms with Crippen molar-refractivity contribution < 1.29 is 4.79 Å². The second-order valence-corrected chi connectivity index (χ2v) is 3.40. The summed E-state index contributed by atoms with van der Waals surface area (Å²) >= 11 is 0. The molecule has 1 saturated heterocycles. The van der Waals surface area contributed by atoms with Gasteiger partial charge in [-0.05, 0) is 18.9 Å². The van der Waals surface area contributed by atoms with Crippen molar-refractivity contribution in [2.75, 3.05) is 13.1 Å². The zero-order valence-corrected chi connectivity index (χ0v) is 7.84. The summed E-state index contributed by atoms with van der Waals surface area (Å²) in [6.45, 7) is 3.44.